The van der Waals surface area contributed by atoms with Crippen LogP contribution in [0.2, 0.25) is 0 Å². The Balaban J connectivity index is 1.83. The van der Waals surface area contributed by atoms with Crippen LogP contribution in [0.25, 0.3) is 0 Å². The van der Waals surface area contributed by atoms with Crippen LogP contribution in [-0.4, -0.2) is 37.3 Å². The third kappa shape index (κ3) is 5.89. The van der Waals surface area contributed by atoms with Crippen molar-refractivity contribution in [1.82, 2.24) is 10.3 Å². The molecule has 1 saturated carbocycles. The molecule has 0 bridgehead atoms. The molecular formula is C16H26N4O2. The van der Waals surface area contributed by atoms with E-state index in [0.717, 1.165) is 18.4 Å². The van der Waals surface area contributed by atoms with Crippen molar-refractivity contribution in [1.29, 1.82) is 0 Å². The van der Waals surface area contributed by atoms with E-state index in [1.807, 2.05) is 12.1 Å². The van der Waals surface area contributed by atoms with Crippen LogP contribution < -0.4 is 15.8 Å². The number of methoxy groups -OCH3 is 1. The van der Waals surface area contributed by atoms with E-state index >= 15 is 0 Å². The van der Waals surface area contributed by atoms with Crippen molar-refractivity contribution >= 4 is 5.96 Å². The van der Waals surface area contributed by atoms with E-state index in [4.69, 9.17) is 15.2 Å². The van der Waals surface area contributed by atoms with Crippen LogP contribution in [-0.2, 0) is 11.3 Å². The molecule has 0 atom stereocenters. The van der Waals surface area contributed by atoms with Gasteiger partial charge in [0, 0.05) is 25.9 Å². The van der Waals surface area contributed by atoms with Gasteiger partial charge in [-0.1, -0.05) is 6.42 Å². The Kier molecular flexibility index (Phi) is 6.96. The molecule has 0 unspecified atom stereocenters. The van der Waals surface area contributed by atoms with Crippen molar-refractivity contribution in [3.8, 4) is 5.88 Å². The van der Waals surface area contributed by atoms with Crippen molar-refractivity contribution < 1.29 is 9.47 Å². The molecule has 0 amide bonds. The molecule has 3 N–H and O–H groups in total. The van der Waals surface area contributed by atoms with Gasteiger partial charge in [0.05, 0.1) is 13.2 Å². The fraction of sp³-hybridized carbons (Fsp3) is 0.625. The molecule has 0 aliphatic heterocycles. The molecule has 1 fully saturated rings. The molecule has 0 radical (unpaired) electrons. The Bertz CT molecular complexity index is 473. The first kappa shape index (κ1) is 16.5. The molecule has 1 aromatic heterocycles. The van der Waals surface area contributed by atoms with E-state index in [-0.39, 0.29) is 0 Å². The first-order valence-electron chi connectivity index (χ1n) is 7.92. The number of ether oxygens (including phenoxy) is 2. The highest BCUT2D eigenvalue weighted by Crippen LogP contribution is 2.22. The van der Waals surface area contributed by atoms with E-state index in [2.05, 4.69) is 15.3 Å². The Labute approximate surface area is 132 Å². The number of hydrogen-bond donors (Lipinski definition) is 2. The zero-order valence-electron chi connectivity index (χ0n) is 13.3. The predicted octanol–water partition coefficient (Wildman–Crippen LogP) is 1.84. The molecule has 1 aromatic rings. The Morgan fingerprint density at radius 2 is 2.23 bits per heavy atom. The highest BCUT2D eigenvalue weighted by atomic mass is 16.5. The standard InChI is InChI=1S/C16H26N4O2/c1-21-10-9-19-16(17)20-12-13-7-8-18-15(11-13)22-14-5-3-2-4-6-14/h7-8,11,14H,2-6,9-10,12H2,1H3,(H3,17,19,20). The van der Waals surface area contributed by atoms with Gasteiger partial charge >= 0.3 is 0 Å². The van der Waals surface area contributed by atoms with Crippen LogP contribution in [0, 0.1) is 0 Å². The van der Waals surface area contributed by atoms with Gasteiger partial charge in [-0.15, -0.1) is 0 Å². The molecule has 2 rings (SSSR count). The van der Waals surface area contributed by atoms with Gasteiger partial charge in [-0.3, -0.25) is 0 Å². The number of nitrogens with one attached hydrogen (secondary N) is 1. The molecule has 1 aliphatic carbocycles. The van der Waals surface area contributed by atoms with E-state index in [9.17, 15) is 0 Å². The second-order valence-electron chi connectivity index (χ2n) is 5.50. The summed E-state index contributed by atoms with van der Waals surface area (Å²) >= 11 is 0. The first-order chi connectivity index (χ1) is 10.8. The SMILES string of the molecule is COCCNC(N)=NCc1ccnc(OC2CCCCC2)c1. The highest BCUT2D eigenvalue weighted by molar-refractivity contribution is 5.77. The van der Waals surface area contributed by atoms with Crippen molar-refractivity contribution in [3.63, 3.8) is 0 Å². The fourth-order valence-corrected chi connectivity index (χ4v) is 2.48. The van der Waals surface area contributed by atoms with Gasteiger partial charge in [-0.05, 0) is 37.3 Å². The van der Waals surface area contributed by atoms with Crippen LogP contribution >= 0.6 is 0 Å². The zero-order valence-corrected chi connectivity index (χ0v) is 13.3. The van der Waals surface area contributed by atoms with E-state index in [1.54, 1.807) is 13.3 Å². The van der Waals surface area contributed by atoms with E-state index in [0.29, 0.717) is 37.6 Å². The minimum atomic E-state index is 0.306. The Hall–Kier alpha value is -1.82. The maximum Gasteiger partial charge on any atom is 0.213 e. The van der Waals surface area contributed by atoms with Gasteiger partial charge < -0.3 is 20.5 Å². The lowest BCUT2D eigenvalue weighted by Crippen LogP contribution is -2.34. The van der Waals surface area contributed by atoms with Gasteiger partial charge in [0.1, 0.15) is 6.10 Å². The lowest BCUT2D eigenvalue weighted by atomic mass is 9.98. The number of guanidine groups is 1. The van der Waals surface area contributed by atoms with Gasteiger partial charge in [0.2, 0.25) is 5.88 Å². The van der Waals surface area contributed by atoms with Crippen molar-refractivity contribution in [2.24, 2.45) is 10.7 Å². The summed E-state index contributed by atoms with van der Waals surface area (Å²) in [5, 5.41) is 2.99. The normalized spacial score (nSPS) is 16.5. The second-order valence-corrected chi connectivity index (χ2v) is 5.50. The van der Waals surface area contributed by atoms with Gasteiger partial charge in [-0.2, -0.15) is 0 Å². The van der Waals surface area contributed by atoms with Gasteiger partial charge in [0.15, 0.2) is 5.96 Å². The number of pyridine rings is 1. The number of nitrogens with zero attached hydrogens (tertiary/aromatic N) is 2. The summed E-state index contributed by atoms with van der Waals surface area (Å²) in [6.45, 7) is 1.76. The number of aliphatic imine (C=N–C) groups is 1. The average molecular weight is 306 g/mol. The molecule has 0 spiro atoms. The molecular weight excluding hydrogens is 280 g/mol. The quantitative estimate of drug-likeness (QED) is 0.456. The van der Waals surface area contributed by atoms with Crippen LogP contribution in [0.15, 0.2) is 23.3 Å². The summed E-state index contributed by atoms with van der Waals surface area (Å²) in [6, 6.07) is 3.88. The maximum absolute atomic E-state index is 5.96. The van der Waals surface area contributed by atoms with Crippen LogP contribution in [0.1, 0.15) is 37.7 Å². The molecule has 1 aliphatic rings. The summed E-state index contributed by atoms with van der Waals surface area (Å²) in [6.07, 6.45) is 8.13. The minimum Gasteiger partial charge on any atom is -0.474 e. The third-order valence-electron chi connectivity index (χ3n) is 3.68. The molecule has 6 heteroatoms. The molecule has 0 aromatic carbocycles. The maximum atomic E-state index is 5.96. The van der Waals surface area contributed by atoms with Crippen LogP contribution in [0.5, 0.6) is 5.88 Å². The van der Waals surface area contributed by atoms with Crippen LogP contribution in [0.3, 0.4) is 0 Å². The largest absolute Gasteiger partial charge is 0.474 e. The fourth-order valence-electron chi connectivity index (χ4n) is 2.48. The Morgan fingerprint density at radius 1 is 1.41 bits per heavy atom. The van der Waals surface area contributed by atoms with Gasteiger partial charge in [-0.25, -0.2) is 9.98 Å². The Morgan fingerprint density at radius 3 is 3.00 bits per heavy atom. The van der Waals surface area contributed by atoms with E-state index < -0.39 is 0 Å². The molecule has 1 heterocycles. The highest BCUT2D eigenvalue weighted by Gasteiger charge is 2.15. The topological polar surface area (TPSA) is 81.8 Å². The number of hydrogen-bond acceptors (Lipinski definition) is 4. The lowest BCUT2D eigenvalue weighted by Gasteiger charge is -2.22. The second kappa shape index (κ2) is 9.25. The smallest absolute Gasteiger partial charge is 0.213 e. The van der Waals surface area contributed by atoms with Crippen LogP contribution in [0.4, 0.5) is 0 Å². The number of aromatic nitrogens is 1. The summed E-state index contributed by atoms with van der Waals surface area (Å²) in [5.74, 6) is 1.11. The monoisotopic (exact) mass is 306 g/mol. The molecule has 122 valence electrons. The van der Waals surface area contributed by atoms with Crippen molar-refractivity contribution in [3.05, 3.63) is 23.9 Å². The molecule has 0 saturated heterocycles. The summed E-state index contributed by atoms with van der Waals surface area (Å²) in [5.41, 5.74) is 6.83. The lowest BCUT2D eigenvalue weighted by molar-refractivity contribution is 0.148. The average Bonchev–Trinajstić information content (AvgIpc) is 2.55. The number of nitrogens with two attached hydrogens (primary N) is 1. The summed E-state index contributed by atoms with van der Waals surface area (Å²) in [7, 11) is 1.65. The predicted molar refractivity (Wildman–Crippen MR) is 86.9 cm³/mol. The van der Waals surface area contributed by atoms with Crippen molar-refractivity contribution in [2.45, 2.75) is 44.8 Å². The minimum absolute atomic E-state index is 0.306. The first-order valence-corrected chi connectivity index (χ1v) is 7.92. The van der Waals surface area contributed by atoms with E-state index in [1.165, 1.54) is 19.3 Å². The number of rotatable bonds is 7. The van der Waals surface area contributed by atoms with Gasteiger partial charge in [0.25, 0.3) is 0 Å². The third-order valence-corrected chi connectivity index (χ3v) is 3.68. The summed E-state index contributed by atoms with van der Waals surface area (Å²) < 4.78 is 10.9. The zero-order chi connectivity index (χ0) is 15.6. The van der Waals surface area contributed by atoms with Crippen molar-refractivity contribution in [2.75, 3.05) is 20.3 Å². The molecule has 6 nitrogen and oxygen atoms in total. The molecule has 22 heavy (non-hydrogen) atoms. The summed E-state index contributed by atoms with van der Waals surface area (Å²) in [4.78, 5) is 8.59.